The Labute approximate surface area is 109 Å². The summed E-state index contributed by atoms with van der Waals surface area (Å²) >= 11 is 3.49. The largest absolute Gasteiger partial charge is 0.360 e. The lowest BCUT2D eigenvalue weighted by Crippen LogP contribution is -2.31. The van der Waals surface area contributed by atoms with E-state index in [2.05, 4.69) is 25.8 Å². The van der Waals surface area contributed by atoms with Crippen molar-refractivity contribution < 1.29 is 12.9 Å². The molecule has 1 N–H and O–H groups in total. The first-order valence-corrected chi connectivity index (χ1v) is 7.88. The monoisotopic (exact) mass is 322 g/mol. The quantitative estimate of drug-likeness (QED) is 0.838. The molecule has 1 heterocycles. The second kappa shape index (κ2) is 4.70. The van der Waals surface area contributed by atoms with Crippen molar-refractivity contribution in [1.29, 1.82) is 0 Å². The summed E-state index contributed by atoms with van der Waals surface area (Å²) in [7, 11) is -3.52. The molecule has 0 radical (unpaired) electrons. The minimum atomic E-state index is -3.52. The molecule has 0 aromatic carbocycles. The molecule has 1 atom stereocenters. The van der Waals surface area contributed by atoms with Crippen molar-refractivity contribution in [2.24, 2.45) is 5.92 Å². The Balaban J connectivity index is 2.08. The summed E-state index contributed by atoms with van der Waals surface area (Å²) in [6.07, 6.45) is 2.34. The Morgan fingerprint density at radius 2 is 2.18 bits per heavy atom. The zero-order valence-corrected chi connectivity index (χ0v) is 12.1. The highest BCUT2D eigenvalue weighted by molar-refractivity contribution is 9.09. The number of halogens is 1. The summed E-state index contributed by atoms with van der Waals surface area (Å²) in [5.41, 5.74) is 0.396. The molecule has 1 aromatic rings. The highest BCUT2D eigenvalue weighted by Crippen LogP contribution is 2.36. The fourth-order valence-electron chi connectivity index (χ4n) is 1.74. The Hall–Kier alpha value is -0.400. The predicted octanol–water partition coefficient (Wildman–Crippen LogP) is 1.74. The summed E-state index contributed by atoms with van der Waals surface area (Å²) in [5, 5.41) is 3.65. The van der Waals surface area contributed by atoms with Gasteiger partial charge in [0.1, 0.15) is 10.6 Å². The number of nitrogens with one attached hydrogen (secondary N) is 1. The second-order valence-corrected chi connectivity index (χ2v) is 7.24. The van der Waals surface area contributed by atoms with Crippen LogP contribution in [0.25, 0.3) is 0 Å². The number of alkyl halides is 1. The third kappa shape index (κ3) is 2.89. The van der Waals surface area contributed by atoms with Crippen molar-refractivity contribution in [3.8, 4) is 0 Å². The van der Waals surface area contributed by atoms with Crippen molar-refractivity contribution in [3.05, 3.63) is 11.5 Å². The van der Waals surface area contributed by atoms with Crippen molar-refractivity contribution in [3.63, 3.8) is 0 Å². The van der Waals surface area contributed by atoms with Crippen molar-refractivity contribution in [2.75, 3.05) is 6.54 Å². The zero-order valence-electron chi connectivity index (χ0n) is 9.73. The topological polar surface area (TPSA) is 72.2 Å². The van der Waals surface area contributed by atoms with E-state index in [-0.39, 0.29) is 9.72 Å². The van der Waals surface area contributed by atoms with Gasteiger partial charge in [-0.1, -0.05) is 21.1 Å². The number of nitrogens with zero attached hydrogens (tertiary/aromatic N) is 1. The average Bonchev–Trinajstić information content (AvgIpc) is 3.02. The van der Waals surface area contributed by atoms with Gasteiger partial charge in [0, 0.05) is 11.4 Å². The first-order chi connectivity index (χ1) is 7.92. The van der Waals surface area contributed by atoms with E-state index in [1.54, 1.807) is 13.8 Å². The standard InChI is InChI=1S/C10H15BrN2O3S/c1-6-10(7(2)16-13-6)17(14,15)12-5-9(11)8-3-4-8/h8-9,12H,3-5H2,1-2H3. The van der Waals surface area contributed by atoms with Crippen molar-refractivity contribution in [2.45, 2.75) is 36.4 Å². The fourth-order valence-corrected chi connectivity index (χ4v) is 4.03. The molecule has 1 aliphatic rings. The molecule has 5 nitrogen and oxygen atoms in total. The van der Waals surface area contributed by atoms with Gasteiger partial charge in [-0.2, -0.15) is 0 Å². The summed E-state index contributed by atoms with van der Waals surface area (Å²) < 4.78 is 31.6. The molecule has 0 saturated heterocycles. The number of hydrogen-bond acceptors (Lipinski definition) is 4. The molecule has 1 aliphatic carbocycles. The molecule has 7 heteroatoms. The Bertz CT molecular complexity index is 488. The van der Waals surface area contributed by atoms with Crippen molar-refractivity contribution >= 4 is 26.0 Å². The van der Waals surface area contributed by atoms with E-state index in [0.29, 0.717) is 23.9 Å². The smallest absolute Gasteiger partial charge is 0.246 e. The van der Waals surface area contributed by atoms with Gasteiger partial charge in [-0.05, 0) is 32.6 Å². The summed E-state index contributed by atoms with van der Waals surface area (Å²) in [6, 6.07) is 0. The van der Waals surface area contributed by atoms with Crippen LogP contribution in [0, 0.1) is 19.8 Å². The van der Waals surface area contributed by atoms with Gasteiger partial charge >= 0.3 is 0 Å². The third-order valence-corrected chi connectivity index (χ3v) is 5.58. The van der Waals surface area contributed by atoms with E-state index in [9.17, 15) is 8.42 Å². The fraction of sp³-hybridized carbons (Fsp3) is 0.700. The number of hydrogen-bond donors (Lipinski definition) is 1. The number of sulfonamides is 1. The minimum Gasteiger partial charge on any atom is -0.360 e. The summed E-state index contributed by atoms with van der Waals surface area (Å²) in [6.45, 7) is 3.62. The Morgan fingerprint density at radius 3 is 2.65 bits per heavy atom. The summed E-state index contributed by atoms with van der Waals surface area (Å²) in [4.78, 5) is 0.366. The summed E-state index contributed by atoms with van der Waals surface area (Å²) in [5.74, 6) is 0.926. The normalized spacial score (nSPS) is 18.3. The number of aromatic nitrogens is 1. The van der Waals surface area contributed by atoms with Gasteiger partial charge in [0.15, 0.2) is 5.76 Å². The lowest BCUT2D eigenvalue weighted by atomic mass is 10.3. The highest BCUT2D eigenvalue weighted by Gasteiger charge is 2.31. The lowest BCUT2D eigenvalue weighted by Gasteiger charge is -2.10. The number of rotatable bonds is 5. The van der Waals surface area contributed by atoms with E-state index in [4.69, 9.17) is 4.52 Å². The first kappa shape index (κ1) is 13.0. The average molecular weight is 323 g/mol. The molecule has 2 rings (SSSR count). The molecule has 17 heavy (non-hydrogen) atoms. The molecule has 0 spiro atoms. The maximum Gasteiger partial charge on any atom is 0.246 e. The SMILES string of the molecule is Cc1noc(C)c1S(=O)(=O)NCC(Br)C1CC1. The maximum atomic E-state index is 12.1. The maximum absolute atomic E-state index is 12.1. The van der Waals surface area contributed by atoms with Gasteiger partial charge in [-0.15, -0.1) is 0 Å². The van der Waals surface area contributed by atoms with E-state index < -0.39 is 10.0 Å². The molecule has 1 saturated carbocycles. The highest BCUT2D eigenvalue weighted by atomic mass is 79.9. The van der Waals surface area contributed by atoms with Gasteiger partial charge in [-0.25, -0.2) is 13.1 Å². The first-order valence-electron chi connectivity index (χ1n) is 5.48. The molecule has 0 bridgehead atoms. The third-order valence-electron chi connectivity index (χ3n) is 2.84. The molecule has 1 aromatic heterocycles. The van der Waals surface area contributed by atoms with Crippen LogP contribution in [-0.2, 0) is 10.0 Å². The lowest BCUT2D eigenvalue weighted by molar-refractivity contribution is 0.390. The van der Waals surface area contributed by atoms with E-state index in [1.165, 1.54) is 12.8 Å². The molecule has 0 aliphatic heterocycles. The molecule has 1 fully saturated rings. The van der Waals surface area contributed by atoms with Crippen LogP contribution in [0.5, 0.6) is 0 Å². The van der Waals surface area contributed by atoms with Gasteiger partial charge in [0.2, 0.25) is 10.0 Å². The number of aryl methyl sites for hydroxylation is 2. The van der Waals surface area contributed by atoms with Gasteiger partial charge in [0.05, 0.1) is 0 Å². The second-order valence-electron chi connectivity index (χ2n) is 4.36. The molecular weight excluding hydrogens is 308 g/mol. The van der Waals surface area contributed by atoms with Crippen LogP contribution in [0.1, 0.15) is 24.3 Å². The van der Waals surface area contributed by atoms with Crippen molar-refractivity contribution in [1.82, 2.24) is 9.88 Å². The molecule has 0 amide bonds. The van der Waals surface area contributed by atoms with E-state index in [0.717, 1.165) is 0 Å². The molecule has 1 unspecified atom stereocenters. The van der Waals surface area contributed by atoms with E-state index in [1.807, 2.05) is 0 Å². The van der Waals surface area contributed by atoms with E-state index >= 15 is 0 Å². The van der Waals surface area contributed by atoms with Gasteiger partial charge in [-0.3, -0.25) is 0 Å². The predicted molar refractivity (Wildman–Crippen MR) is 66.6 cm³/mol. The zero-order chi connectivity index (χ0) is 12.6. The van der Waals surface area contributed by atoms with Crippen LogP contribution >= 0.6 is 15.9 Å². The van der Waals surface area contributed by atoms with Crippen LogP contribution < -0.4 is 4.72 Å². The van der Waals surface area contributed by atoms with Crippen LogP contribution in [0.2, 0.25) is 0 Å². The van der Waals surface area contributed by atoms with Gasteiger partial charge in [0.25, 0.3) is 0 Å². The molecular formula is C10H15BrN2O3S. The van der Waals surface area contributed by atoms with Crippen LogP contribution in [-0.4, -0.2) is 24.9 Å². The minimum absolute atomic E-state index is 0.160. The van der Waals surface area contributed by atoms with Crippen LogP contribution in [0.3, 0.4) is 0 Å². The Kier molecular flexibility index (Phi) is 3.61. The molecule has 96 valence electrons. The van der Waals surface area contributed by atoms with Crippen LogP contribution in [0.4, 0.5) is 0 Å². The van der Waals surface area contributed by atoms with Gasteiger partial charge < -0.3 is 4.52 Å². The Morgan fingerprint density at radius 1 is 1.53 bits per heavy atom. The van der Waals surface area contributed by atoms with Crippen LogP contribution in [0.15, 0.2) is 9.42 Å².